The Morgan fingerprint density at radius 1 is 0.962 bits per heavy atom. The number of ether oxygens (including phenoxy) is 1. The summed E-state index contributed by atoms with van der Waals surface area (Å²) in [5.41, 5.74) is -0.775. The molecule has 0 aromatic carbocycles. The highest BCUT2D eigenvalue weighted by Crippen LogP contribution is 2.55. The van der Waals surface area contributed by atoms with Crippen LogP contribution in [0.25, 0.3) is 0 Å². The largest absolute Gasteiger partial charge is 0.459 e. The van der Waals surface area contributed by atoms with Gasteiger partial charge in [-0.3, -0.25) is 4.79 Å². The molecule has 2 bridgehead atoms. The van der Waals surface area contributed by atoms with Crippen molar-refractivity contribution in [3.05, 3.63) is 0 Å². The number of aliphatic hydroxyl groups is 1. The average Bonchev–Trinajstić information content (AvgIpc) is 2.45. The molecule has 2 aliphatic carbocycles. The van der Waals surface area contributed by atoms with Gasteiger partial charge in [-0.25, -0.2) is 0 Å². The van der Waals surface area contributed by atoms with E-state index in [2.05, 4.69) is 41.5 Å². The van der Waals surface area contributed by atoms with Gasteiger partial charge in [-0.15, -0.1) is 0 Å². The van der Waals surface area contributed by atoms with E-state index in [0.717, 1.165) is 32.1 Å². The summed E-state index contributed by atoms with van der Waals surface area (Å²) in [5.74, 6) is 0.370. The van der Waals surface area contributed by atoms with E-state index in [4.69, 9.17) is 4.74 Å². The highest BCUT2D eigenvalue weighted by atomic mass is 16.6. The van der Waals surface area contributed by atoms with Crippen LogP contribution in [0.1, 0.15) is 120 Å². The molecule has 1 N–H and O–H groups in total. The maximum absolute atomic E-state index is 11.6. The fourth-order valence-corrected chi connectivity index (χ4v) is 5.10. The molecule has 26 heavy (non-hydrogen) atoms. The van der Waals surface area contributed by atoms with E-state index in [9.17, 15) is 9.90 Å². The molecule has 4 unspecified atom stereocenters. The smallest absolute Gasteiger partial charge is 0.306 e. The molecule has 0 aromatic heterocycles. The minimum atomic E-state index is -0.548. The normalized spacial score (nSPS) is 35.3. The van der Waals surface area contributed by atoms with Gasteiger partial charge < -0.3 is 9.84 Å². The summed E-state index contributed by atoms with van der Waals surface area (Å²) in [7, 11) is 0. The fourth-order valence-electron chi connectivity index (χ4n) is 5.10. The van der Waals surface area contributed by atoms with Gasteiger partial charge in [0.2, 0.25) is 0 Å². The Morgan fingerprint density at radius 2 is 1.50 bits per heavy atom. The number of hydrogen-bond donors (Lipinski definition) is 1. The summed E-state index contributed by atoms with van der Waals surface area (Å²) in [6, 6.07) is 0. The van der Waals surface area contributed by atoms with Gasteiger partial charge in [0.05, 0.1) is 5.60 Å². The van der Waals surface area contributed by atoms with E-state index in [1.165, 1.54) is 25.7 Å². The van der Waals surface area contributed by atoms with Crippen LogP contribution in [0, 0.1) is 11.3 Å². The maximum atomic E-state index is 11.6. The molecule has 3 nitrogen and oxygen atoms in total. The van der Waals surface area contributed by atoms with E-state index < -0.39 is 5.60 Å². The molecule has 0 amide bonds. The van der Waals surface area contributed by atoms with E-state index >= 15 is 0 Å². The molecule has 0 saturated heterocycles. The Labute approximate surface area is 163 Å². The molecule has 0 spiro atoms. The highest BCUT2D eigenvalue weighted by molar-refractivity contribution is 5.69. The van der Waals surface area contributed by atoms with E-state index in [1.807, 2.05) is 13.8 Å². The molecule has 2 fully saturated rings. The monoisotopic (exact) mass is 370 g/mol. The van der Waals surface area contributed by atoms with Crippen LogP contribution < -0.4 is 0 Å². The number of esters is 1. The van der Waals surface area contributed by atoms with Crippen molar-refractivity contribution in [2.45, 2.75) is 131 Å². The van der Waals surface area contributed by atoms with Crippen LogP contribution in [0.5, 0.6) is 0 Å². The zero-order valence-electron chi connectivity index (χ0n) is 18.9. The van der Waals surface area contributed by atoms with Crippen molar-refractivity contribution in [3.8, 4) is 0 Å². The highest BCUT2D eigenvalue weighted by Gasteiger charge is 2.52. The first-order valence-electron chi connectivity index (χ1n) is 10.9. The fraction of sp³-hybridized carbons (Fsp3) is 0.957. The Kier molecular flexibility index (Phi) is 11.1. The van der Waals surface area contributed by atoms with Gasteiger partial charge in [0.15, 0.2) is 0 Å². The minimum Gasteiger partial charge on any atom is -0.459 e. The predicted octanol–water partition coefficient (Wildman–Crippen LogP) is 6.66. The third kappa shape index (κ3) is 9.39. The molecule has 156 valence electrons. The standard InChI is InChI=1S/C15H26O3.C5H12.C3H8/c1-5-12(16)18-15(4)8-11-6-13(2,10-15)9-14(3,17)7-11;1-3-5-4-2;1-3-2/h11,17H,5-10H2,1-4H3;3-5H2,1-2H3;3H2,1-2H3. The van der Waals surface area contributed by atoms with Gasteiger partial charge in [0.25, 0.3) is 0 Å². The lowest BCUT2D eigenvalue weighted by atomic mass is 9.55. The number of carbonyl (C=O) groups is 1. The summed E-state index contributed by atoms with van der Waals surface area (Å²) in [6.07, 6.45) is 10.3. The molecule has 4 atom stereocenters. The molecular weight excluding hydrogens is 324 g/mol. The molecule has 2 rings (SSSR count). The van der Waals surface area contributed by atoms with E-state index in [0.29, 0.717) is 12.3 Å². The molecule has 0 aromatic rings. The minimum absolute atomic E-state index is 0.104. The number of carbonyl (C=O) groups excluding carboxylic acids is 1. The van der Waals surface area contributed by atoms with Crippen molar-refractivity contribution in [1.29, 1.82) is 0 Å². The third-order valence-corrected chi connectivity index (χ3v) is 5.19. The summed E-state index contributed by atoms with van der Waals surface area (Å²) in [6.45, 7) is 16.7. The van der Waals surface area contributed by atoms with Gasteiger partial charge in [-0.05, 0) is 57.3 Å². The average molecular weight is 371 g/mol. The third-order valence-electron chi connectivity index (χ3n) is 5.19. The molecule has 0 heterocycles. The van der Waals surface area contributed by atoms with Gasteiger partial charge in [-0.1, -0.05) is 67.2 Å². The second-order valence-electron chi connectivity index (χ2n) is 9.48. The second-order valence-corrected chi connectivity index (χ2v) is 9.48. The molecule has 0 radical (unpaired) electrons. The van der Waals surface area contributed by atoms with Crippen LogP contribution in [0.15, 0.2) is 0 Å². The van der Waals surface area contributed by atoms with Crippen molar-refractivity contribution in [2.24, 2.45) is 11.3 Å². The summed E-state index contributed by atoms with van der Waals surface area (Å²) in [5, 5.41) is 10.3. The Morgan fingerprint density at radius 3 is 1.88 bits per heavy atom. The van der Waals surface area contributed by atoms with Crippen molar-refractivity contribution in [3.63, 3.8) is 0 Å². The number of unbranched alkanes of at least 4 members (excludes halogenated alkanes) is 2. The lowest BCUT2D eigenvalue weighted by Crippen LogP contribution is -2.52. The summed E-state index contributed by atoms with van der Waals surface area (Å²) < 4.78 is 5.68. The predicted molar refractivity (Wildman–Crippen MR) is 111 cm³/mol. The van der Waals surface area contributed by atoms with Crippen molar-refractivity contribution >= 4 is 5.97 Å². The lowest BCUT2D eigenvalue weighted by molar-refractivity contribution is -0.179. The maximum Gasteiger partial charge on any atom is 0.306 e. The summed E-state index contributed by atoms with van der Waals surface area (Å²) in [4.78, 5) is 11.6. The van der Waals surface area contributed by atoms with Crippen LogP contribution >= 0.6 is 0 Å². The molecule has 0 aliphatic heterocycles. The van der Waals surface area contributed by atoms with Crippen LogP contribution in [0.4, 0.5) is 0 Å². The zero-order valence-corrected chi connectivity index (χ0v) is 18.9. The van der Waals surface area contributed by atoms with Crippen LogP contribution in [0.3, 0.4) is 0 Å². The first kappa shape index (κ1) is 25.4. The first-order valence-corrected chi connectivity index (χ1v) is 10.9. The second kappa shape index (κ2) is 11.3. The Hall–Kier alpha value is -0.570. The summed E-state index contributed by atoms with van der Waals surface area (Å²) >= 11 is 0. The molecule has 3 heteroatoms. The van der Waals surface area contributed by atoms with E-state index in [1.54, 1.807) is 0 Å². The van der Waals surface area contributed by atoms with Crippen molar-refractivity contribution in [2.75, 3.05) is 0 Å². The lowest BCUT2D eigenvalue weighted by Gasteiger charge is -2.54. The van der Waals surface area contributed by atoms with Crippen LogP contribution in [-0.2, 0) is 9.53 Å². The SMILES string of the molecule is CCC.CCC(=O)OC1(C)CC2CC(C)(O)CC(C)(C2)C1.CCCCC. The van der Waals surface area contributed by atoms with Crippen molar-refractivity contribution in [1.82, 2.24) is 0 Å². The van der Waals surface area contributed by atoms with Gasteiger partial charge in [-0.2, -0.15) is 0 Å². The Balaban J connectivity index is 0.000000663. The van der Waals surface area contributed by atoms with Gasteiger partial charge in [0.1, 0.15) is 5.60 Å². The number of rotatable bonds is 4. The van der Waals surface area contributed by atoms with Crippen LogP contribution in [0.2, 0.25) is 0 Å². The number of hydrogen-bond acceptors (Lipinski definition) is 3. The van der Waals surface area contributed by atoms with Crippen LogP contribution in [-0.4, -0.2) is 22.3 Å². The zero-order chi connectivity index (χ0) is 20.4. The van der Waals surface area contributed by atoms with Crippen molar-refractivity contribution < 1.29 is 14.6 Å². The van der Waals surface area contributed by atoms with Gasteiger partial charge >= 0.3 is 5.97 Å². The molecular formula is C23H46O3. The quantitative estimate of drug-likeness (QED) is 0.563. The van der Waals surface area contributed by atoms with Gasteiger partial charge in [0, 0.05) is 6.42 Å². The topological polar surface area (TPSA) is 46.5 Å². The number of fused-ring (bicyclic) bond motifs is 2. The first-order chi connectivity index (χ1) is 12.0. The molecule has 2 saturated carbocycles. The molecule has 2 aliphatic rings. The van der Waals surface area contributed by atoms with E-state index in [-0.39, 0.29) is 17.0 Å². The Bertz CT molecular complexity index is 400.